The number of non-ortho nitro benzene ring substituents is 1. The summed E-state index contributed by atoms with van der Waals surface area (Å²) in [5.74, 6) is -1.20. The van der Waals surface area contributed by atoms with Crippen LogP contribution >= 0.6 is 23.2 Å². The Labute approximate surface area is 129 Å². The van der Waals surface area contributed by atoms with E-state index in [0.29, 0.717) is 10.7 Å². The molecule has 2 rings (SSSR count). The number of carboxylic acid groups (broad SMARTS) is 1. The second kappa shape index (κ2) is 5.99. The number of carbonyl (C=O) groups is 1. The number of hydrogen-bond donors (Lipinski definition) is 2. The number of nitro benzene ring substituents is 1. The summed E-state index contributed by atoms with van der Waals surface area (Å²) in [6, 6.07) is 8.05. The Balaban J connectivity index is 2.45. The molecule has 0 unspecified atom stereocenters. The Kier molecular flexibility index (Phi) is 4.30. The van der Waals surface area contributed by atoms with Gasteiger partial charge in [-0.15, -0.1) is 0 Å². The van der Waals surface area contributed by atoms with E-state index in [0.717, 1.165) is 12.1 Å². The number of nitro groups is 1. The summed E-state index contributed by atoms with van der Waals surface area (Å²) in [7, 11) is 0. The summed E-state index contributed by atoms with van der Waals surface area (Å²) >= 11 is 11.7. The Morgan fingerprint density at radius 2 is 1.86 bits per heavy atom. The first-order valence-electron chi connectivity index (χ1n) is 5.62. The third-order valence-electron chi connectivity index (χ3n) is 2.64. The lowest BCUT2D eigenvalue weighted by Gasteiger charge is -2.10. The van der Waals surface area contributed by atoms with Crippen LogP contribution in [-0.4, -0.2) is 16.0 Å². The number of carboxylic acids is 1. The third kappa shape index (κ3) is 3.42. The van der Waals surface area contributed by atoms with Crippen LogP contribution in [0.5, 0.6) is 0 Å². The van der Waals surface area contributed by atoms with Crippen molar-refractivity contribution in [1.82, 2.24) is 0 Å². The molecular formula is C13H8Cl2N2O4. The fourth-order valence-electron chi connectivity index (χ4n) is 1.67. The van der Waals surface area contributed by atoms with Gasteiger partial charge < -0.3 is 10.4 Å². The van der Waals surface area contributed by atoms with Gasteiger partial charge in [0.05, 0.1) is 26.2 Å². The average molecular weight is 327 g/mol. The van der Waals surface area contributed by atoms with Crippen molar-refractivity contribution in [3.8, 4) is 0 Å². The molecule has 0 amide bonds. The minimum Gasteiger partial charge on any atom is -0.478 e. The average Bonchev–Trinajstić information content (AvgIpc) is 2.42. The SMILES string of the molecule is O=C(O)c1ccc([N+](=O)[O-])cc1Nc1ccc(Cl)c(Cl)c1. The van der Waals surface area contributed by atoms with Crippen LogP contribution in [0.4, 0.5) is 17.1 Å². The number of halogens is 2. The van der Waals surface area contributed by atoms with Crippen LogP contribution in [0.2, 0.25) is 10.0 Å². The molecule has 21 heavy (non-hydrogen) atoms. The standard InChI is InChI=1S/C13H8Cl2N2O4/c14-10-4-1-7(5-11(10)15)16-12-6-8(17(20)21)2-3-9(12)13(18)19/h1-6,16H,(H,18,19). The normalized spacial score (nSPS) is 10.2. The minimum absolute atomic E-state index is 0.0910. The maximum absolute atomic E-state index is 11.2. The van der Waals surface area contributed by atoms with Gasteiger partial charge in [-0.3, -0.25) is 10.1 Å². The summed E-state index contributed by atoms with van der Waals surface area (Å²) in [4.78, 5) is 21.3. The highest BCUT2D eigenvalue weighted by molar-refractivity contribution is 6.42. The lowest BCUT2D eigenvalue weighted by Crippen LogP contribution is -2.03. The molecular weight excluding hydrogens is 319 g/mol. The number of anilines is 2. The number of aromatic carboxylic acids is 1. The van der Waals surface area contributed by atoms with Crippen molar-refractivity contribution < 1.29 is 14.8 Å². The molecule has 2 N–H and O–H groups in total. The molecule has 0 aliphatic carbocycles. The Hall–Kier alpha value is -2.31. The van der Waals surface area contributed by atoms with Gasteiger partial charge in [0.15, 0.2) is 0 Å². The first-order chi connectivity index (χ1) is 9.88. The largest absolute Gasteiger partial charge is 0.478 e. The van der Waals surface area contributed by atoms with E-state index in [2.05, 4.69) is 5.32 Å². The van der Waals surface area contributed by atoms with E-state index in [-0.39, 0.29) is 22.0 Å². The molecule has 0 spiro atoms. The molecule has 0 aliphatic rings. The Morgan fingerprint density at radius 3 is 2.43 bits per heavy atom. The highest BCUT2D eigenvalue weighted by Crippen LogP contribution is 2.30. The van der Waals surface area contributed by atoms with Crippen molar-refractivity contribution in [2.45, 2.75) is 0 Å². The van der Waals surface area contributed by atoms with Crippen LogP contribution in [0, 0.1) is 10.1 Å². The molecule has 0 aromatic heterocycles. The molecule has 0 radical (unpaired) electrons. The molecule has 0 heterocycles. The molecule has 0 fully saturated rings. The van der Waals surface area contributed by atoms with E-state index in [1.54, 1.807) is 6.07 Å². The highest BCUT2D eigenvalue weighted by Gasteiger charge is 2.15. The van der Waals surface area contributed by atoms with Gasteiger partial charge in [-0.1, -0.05) is 23.2 Å². The first kappa shape index (κ1) is 15.1. The van der Waals surface area contributed by atoms with E-state index in [4.69, 9.17) is 28.3 Å². The molecule has 0 saturated carbocycles. The van der Waals surface area contributed by atoms with Crippen molar-refractivity contribution in [3.05, 3.63) is 62.1 Å². The first-order valence-corrected chi connectivity index (χ1v) is 6.38. The van der Waals surface area contributed by atoms with Gasteiger partial charge in [-0.2, -0.15) is 0 Å². The van der Waals surface area contributed by atoms with Gasteiger partial charge in [0.2, 0.25) is 0 Å². The van der Waals surface area contributed by atoms with Crippen molar-refractivity contribution in [1.29, 1.82) is 0 Å². The highest BCUT2D eigenvalue weighted by atomic mass is 35.5. The summed E-state index contributed by atoms with van der Waals surface area (Å²) in [6.07, 6.45) is 0. The molecule has 2 aromatic carbocycles. The predicted molar refractivity (Wildman–Crippen MR) is 79.8 cm³/mol. The zero-order valence-electron chi connectivity index (χ0n) is 10.3. The van der Waals surface area contributed by atoms with Crippen LogP contribution in [0.15, 0.2) is 36.4 Å². The summed E-state index contributed by atoms with van der Waals surface area (Å²) < 4.78 is 0. The molecule has 0 atom stereocenters. The van der Waals surface area contributed by atoms with Gasteiger partial charge in [0.1, 0.15) is 0 Å². The minimum atomic E-state index is -1.20. The molecule has 0 aliphatic heterocycles. The molecule has 8 heteroatoms. The lowest BCUT2D eigenvalue weighted by molar-refractivity contribution is -0.384. The number of benzene rings is 2. The second-order valence-corrected chi connectivity index (χ2v) is 4.86. The Morgan fingerprint density at radius 1 is 1.14 bits per heavy atom. The maximum Gasteiger partial charge on any atom is 0.337 e. The summed E-state index contributed by atoms with van der Waals surface area (Å²) in [6.45, 7) is 0. The predicted octanol–water partition coefficient (Wildman–Crippen LogP) is 4.34. The number of nitrogens with zero attached hydrogens (tertiary/aromatic N) is 1. The smallest absolute Gasteiger partial charge is 0.337 e. The van der Waals surface area contributed by atoms with Crippen LogP contribution in [-0.2, 0) is 0 Å². The Bertz CT molecular complexity index is 734. The summed E-state index contributed by atoms with van der Waals surface area (Å²) in [5, 5.41) is 23.3. The monoisotopic (exact) mass is 326 g/mol. The van der Waals surface area contributed by atoms with E-state index < -0.39 is 10.9 Å². The van der Waals surface area contributed by atoms with Crippen molar-refractivity contribution >= 4 is 46.2 Å². The number of rotatable bonds is 4. The zero-order chi connectivity index (χ0) is 15.6. The van der Waals surface area contributed by atoms with Crippen molar-refractivity contribution in [3.63, 3.8) is 0 Å². The maximum atomic E-state index is 11.2. The van der Waals surface area contributed by atoms with E-state index in [1.165, 1.54) is 18.2 Å². The van der Waals surface area contributed by atoms with Crippen LogP contribution in [0.3, 0.4) is 0 Å². The number of hydrogen-bond acceptors (Lipinski definition) is 4. The van der Waals surface area contributed by atoms with E-state index in [1.807, 2.05) is 0 Å². The van der Waals surface area contributed by atoms with Gasteiger partial charge in [-0.25, -0.2) is 4.79 Å². The fraction of sp³-hybridized carbons (Fsp3) is 0. The lowest BCUT2D eigenvalue weighted by atomic mass is 10.1. The van der Waals surface area contributed by atoms with Gasteiger partial charge in [-0.05, 0) is 24.3 Å². The molecule has 2 aromatic rings. The molecule has 0 saturated heterocycles. The van der Waals surface area contributed by atoms with Crippen molar-refractivity contribution in [2.24, 2.45) is 0 Å². The second-order valence-electron chi connectivity index (χ2n) is 4.05. The van der Waals surface area contributed by atoms with Gasteiger partial charge in [0, 0.05) is 17.8 Å². The molecule has 108 valence electrons. The van der Waals surface area contributed by atoms with Crippen LogP contribution in [0.25, 0.3) is 0 Å². The molecule has 6 nitrogen and oxygen atoms in total. The van der Waals surface area contributed by atoms with E-state index >= 15 is 0 Å². The van der Waals surface area contributed by atoms with Crippen molar-refractivity contribution in [2.75, 3.05) is 5.32 Å². The third-order valence-corrected chi connectivity index (χ3v) is 3.38. The van der Waals surface area contributed by atoms with E-state index in [9.17, 15) is 14.9 Å². The van der Waals surface area contributed by atoms with Gasteiger partial charge in [0.25, 0.3) is 5.69 Å². The number of nitrogens with one attached hydrogen (secondary N) is 1. The topological polar surface area (TPSA) is 92.5 Å². The quantitative estimate of drug-likeness (QED) is 0.643. The summed E-state index contributed by atoms with van der Waals surface area (Å²) in [5.41, 5.74) is 0.247. The molecule has 0 bridgehead atoms. The zero-order valence-corrected chi connectivity index (χ0v) is 11.9. The van der Waals surface area contributed by atoms with Crippen LogP contribution < -0.4 is 5.32 Å². The van der Waals surface area contributed by atoms with Gasteiger partial charge >= 0.3 is 5.97 Å². The van der Waals surface area contributed by atoms with Crippen LogP contribution in [0.1, 0.15) is 10.4 Å². The fourth-order valence-corrected chi connectivity index (χ4v) is 1.96.